The fraction of sp³-hybridized carbons (Fsp3) is 1.00. The average Bonchev–Trinajstić information content (AvgIpc) is 2.29. The fourth-order valence-corrected chi connectivity index (χ4v) is 2.98. The molecule has 3 unspecified atom stereocenters. The second kappa shape index (κ2) is 8.10. The minimum atomic E-state index is 0.675. The molecule has 0 radical (unpaired) electrons. The summed E-state index contributed by atoms with van der Waals surface area (Å²) < 4.78 is 0. The highest BCUT2D eigenvalue weighted by Gasteiger charge is 2.23. The summed E-state index contributed by atoms with van der Waals surface area (Å²) in [5.41, 5.74) is 0. The number of hydrogen-bond donors (Lipinski definition) is 1. The maximum atomic E-state index is 3.80. The Kier molecular flexibility index (Phi) is 7.14. The van der Waals surface area contributed by atoms with Crippen LogP contribution in [-0.4, -0.2) is 37.1 Å². The Morgan fingerprint density at radius 2 is 2.06 bits per heavy atom. The molecule has 0 saturated carbocycles. The van der Waals surface area contributed by atoms with E-state index in [0.717, 1.165) is 5.92 Å². The lowest BCUT2D eigenvalue weighted by atomic mass is 9.91. The first kappa shape index (κ1) is 15.0. The molecule has 2 heteroatoms. The third kappa shape index (κ3) is 5.87. The highest BCUT2D eigenvalue weighted by atomic mass is 15.1. The van der Waals surface area contributed by atoms with Gasteiger partial charge in [0.25, 0.3) is 0 Å². The SMILES string of the molecule is CCCCCC(C)NC(C)C1CCCN(C)C1. The molecule has 1 fully saturated rings. The lowest BCUT2D eigenvalue weighted by molar-refractivity contribution is 0.173. The molecular weight excluding hydrogens is 208 g/mol. The van der Waals surface area contributed by atoms with Crippen molar-refractivity contribution in [3.8, 4) is 0 Å². The van der Waals surface area contributed by atoms with Crippen molar-refractivity contribution in [3.63, 3.8) is 0 Å². The number of nitrogens with one attached hydrogen (secondary N) is 1. The molecule has 0 bridgehead atoms. The zero-order valence-electron chi connectivity index (χ0n) is 12.3. The first-order valence-electron chi connectivity index (χ1n) is 7.58. The monoisotopic (exact) mass is 240 g/mol. The predicted octanol–water partition coefficient (Wildman–Crippen LogP) is 3.28. The predicted molar refractivity (Wildman–Crippen MR) is 76.4 cm³/mol. The van der Waals surface area contributed by atoms with Crippen LogP contribution in [0.4, 0.5) is 0 Å². The second-order valence-electron chi connectivity index (χ2n) is 6.02. The zero-order chi connectivity index (χ0) is 12.7. The van der Waals surface area contributed by atoms with E-state index in [0.29, 0.717) is 12.1 Å². The molecule has 1 aliphatic heterocycles. The Morgan fingerprint density at radius 1 is 1.29 bits per heavy atom. The van der Waals surface area contributed by atoms with E-state index in [9.17, 15) is 0 Å². The first-order valence-corrected chi connectivity index (χ1v) is 7.58. The summed E-state index contributed by atoms with van der Waals surface area (Å²) in [6, 6.07) is 1.36. The van der Waals surface area contributed by atoms with E-state index >= 15 is 0 Å². The van der Waals surface area contributed by atoms with Crippen LogP contribution < -0.4 is 5.32 Å². The van der Waals surface area contributed by atoms with Gasteiger partial charge in [0.15, 0.2) is 0 Å². The zero-order valence-corrected chi connectivity index (χ0v) is 12.3. The van der Waals surface area contributed by atoms with E-state index in [1.54, 1.807) is 0 Å². The van der Waals surface area contributed by atoms with E-state index in [4.69, 9.17) is 0 Å². The molecule has 2 nitrogen and oxygen atoms in total. The molecule has 1 rings (SSSR count). The number of nitrogens with zero attached hydrogens (tertiary/aromatic N) is 1. The van der Waals surface area contributed by atoms with Gasteiger partial charge in [-0.15, -0.1) is 0 Å². The van der Waals surface area contributed by atoms with E-state index < -0.39 is 0 Å². The normalized spacial score (nSPS) is 25.8. The van der Waals surface area contributed by atoms with Gasteiger partial charge in [-0.05, 0) is 52.6 Å². The van der Waals surface area contributed by atoms with Gasteiger partial charge in [0, 0.05) is 18.6 Å². The molecule has 1 N–H and O–H groups in total. The van der Waals surface area contributed by atoms with Crippen molar-refractivity contribution in [1.29, 1.82) is 0 Å². The molecule has 1 heterocycles. The number of piperidine rings is 1. The van der Waals surface area contributed by atoms with E-state index in [2.05, 4.69) is 38.0 Å². The number of rotatable bonds is 7. The molecule has 1 saturated heterocycles. The van der Waals surface area contributed by atoms with Gasteiger partial charge in [0.2, 0.25) is 0 Å². The maximum absolute atomic E-state index is 3.80. The molecule has 1 aliphatic rings. The Balaban J connectivity index is 2.20. The van der Waals surface area contributed by atoms with Crippen LogP contribution in [0, 0.1) is 5.92 Å². The van der Waals surface area contributed by atoms with Crippen molar-refractivity contribution in [3.05, 3.63) is 0 Å². The molecule has 0 spiro atoms. The average molecular weight is 240 g/mol. The summed E-state index contributed by atoms with van der Waals surface area (Å²) in [6.07, 6.45) is 8.20. The topological polar surface area (TPSA) is 15.3 Å². The molecule has 0 aliphatic carbocycles. The highest BCUT2D eigenvalue weighted by molar-refractivity contribution is 4.80. The summed E-state index contributed by atoms with van der Waals surface area (Å²) in [5, 5.41) is 3.80. The van der Waals surface area contributed by atoms with Gasteiger partial charge in [-0.2, -0.15) is 0 Å². The van der Waals surface area contributed by atoms with Gasteiger partial charge in [0.1, 0.15) is 0 Å². The van der Waals surface area contributed by atoms with Gasteiger partial charge < -0.3 is 10.2 Å². The number of unbranched alkanes of at least 4 members (excludes halogenated alkanes) is 2. The van der Waals surface area contributed by atoms with Crippen molar-refractivity contribution in [2.45, 2.75) is 71.4 Å². The van der Waals surface area contributed by atoms with Crippen LogP contribution in [0.2, 0.25) is 0 Å². The van der Waals surface area contributed by atoms with Crippen LogP contribution in [0.25, 0.3) is 0 Å². The Bertz CT molecular complexity index is 193. The minimum absolute atomic E-state index is 0.675. The minimum Gasteiger partial charge on any atom is -0.311 e. The van der Waals surface area contributed by atoms with E-state index in [1.165, 1.54) is 51.6 Å². The molecular formula is C15H32N2. The number of hydrogen-bond acceptors (Lipinski definition) is 2. The fourth-order valence-electron chi connectivity index (χ4n) is 2.98. The van der Waals surface area contributed by atoms with Gasteiger partial charge in [-0.1, -0.05) is 26.2 Å². The quantitative estimate of drug-likeness (QED) is 0.687. The van der Waals surface area contributed by atoms with E-state index in [1.807, 2.05) is 0 Å². The van der Waals surface area contributed by atoms with Crippen LogP contribution in [-0.2, 0) is 0 Å². The highest BCUT2D eigenvalue weighted by Crippen LogP contribution is 2.19. The Labute approximate surface area is 108 Å². The largest absolute Gasteiger partial charge is 0.311 e. The summed E-state index contributed by atoms with van der Waals surface area (Å²) in [4.78, 5) is 2.48. The molecule has 17 heavy (non-hydrogen) atoms. The van der Waals surface area contributed by atoms with Crippen molar-refractivity contribution < 1.29 is 0 Å². The van der Waals surface area contributed by atoms with E-state index in [-0.39, 0.29) is 0 Å². The summed E-state index contributed by atoms with van der Waals surface area (Å²) in [7, 11) is 2.25. The second-order valence-corrected chi connectivity index (χ2v) is 6.02. The molecule has 3 atom stereocenters. The van der Waals surface area contributed by atoms with Gasteiger partial charge in [-0.3, -0.25) is 0 Å². The lowest BCUT2D eigenvalue weighted by Gasteiger charge is -2.35. The third-order valence-electron chi connectivity index (χ3n) is 4.16. The molecule has 102 valence electrons. The van der Waals surface area contributed by atoms with Crippen LogP contribution in [0.15, 0.2) is 0 Å². The summed E-state index contributed by atoms with van der Waals surface area (Å²) >= 11 is 0. The molecule has 0 aromatic carbocycles. The van der Waals surface area contributed by atoms with Gasteiger partial charge in [0.05, 0.1) is 0 Å². The van der Waals surface area contributed by atoms with Crippen molar-refractivity contribution in [2.75, 3.05) is 20.1 Å². The summed E-state index contributed by atoms with van der Waals surface area (Å²) in [5.74, 6) is 0.849. The van der Waals surface area contributed by atoms with Gasteiger partial charge in [-0.25, -0.2) is 0 Å². The Hall–Kier alpha value is -0.0800. The van der Waals surface area contributed by atoms with Crippen LogP contribution in [0.3, 0.4) is 0 Å². The summed E-state index contributed by atoms with van der Waals surface area (Å²) in [6.45, 7) is 9.56. The lowest BCUT2D eigenvalue weighted by Crippen LogP contribution is -2.45. The first-order chi connectivity index (χ1) is 8.13. The number of likely N-dealkylation sites (tertiary alicyclic amines) is 1. The smallest absolute Gasteiger partial charge is 0.00816 e. The Morgan fingerprint density at radius 3 is 2.71 bits per heavy atom. The van der Waals surface area contributed by atoms with Crippen molar-refractivity contribution >= 4 is 0 Å². The van der Waals surface area contributed by atoms with Crippen LogP contribution >= 0.6 is 0 Å². The third-order valence-corrected chi connectivity index (χ3v) is 4.16. The van der Waals surface area contributed by atoms with Crippen LogP contribution in [0.1, 0.15) is 59.3 Å². The maximum Gasteiger partial charge on any atom is 0.00816 e. The molecule has 0 aromatic heterocycles. The molecule has 0 amide bonds. The van der Waals surface area contributed by atoms with Crippen LogP contribution in [0.5, 0.6) is 0 Å². The molecule has 0 aromatic rings. The van der Waals surface area contributed by atoms with Gasteiger partial charge >= 0.3 is 0 Å². The standard InChI is InChI=1S/C15H32N2/c1-5-6-7-9-13(2)16-14(3)15-10-8-11-17(4)12-15/h13-16H,5-12H2,1-4H3. The van der Waals surface area contributed by atoms with Crippen molar-refractivity contribution in [2.24, 2.45) is 5.92 Å². The van der Waals surface area contributed by atoms with Crippen molar-refractivity contribution in [1.82, 2.24) is 10.2 Å².